The van der Waals surface area contributed by atoms with Gasteiger partial charge in [-0.1, -0.05) is 0 Å². The van der Waals surface area contributed by atoms with Crippen molar-refractivity contribution in [3.63, 3.8) is 0 Å². The summed E-state index contributed by atoms with van der Waals surface area (Å²) in [5.74, 6) is 0.517. The number of amides is 1. The lowest BCUT2D eigenvalue weighted by atomic mass is 10.0. The molecule has 0 aromatic carbocycles. The fourth-order valence-electron chi connectivity index (χ4n) is 3.87. The van der Waals surface area contributed by atoms with Crippen LogP contribution >= 0.6 is 0 Å². The Kier molecular flexibility index (Phi) is 6.62. The van der Waals surface area contributed by atoms with E-state index >= 15 is 0 Å². The second-order valence-corrected chi connectivity index (χ2v) is 8.62. The van der Waals surface area contributed by atoms with Crippen LogP contribution in [0.1, 0.15) is 44.0 Å². The number of likely N-dealkylation sites (tertiary alicyclic amines) is 1. The van der Waals surface area contributed by atoms with Crippen LogP contribution in [0.4, 0.5) is 10.6 Å². The van der Waals surface area contributed by atoms with Crippen LogP contribution in [-0.2, 0) is 9.47 Å². The van der Waals surface area contributed by atoms with Gasteiger partial charge in [0.1, 0.15) is 11.4 Å². The number of methoxy groups -OCH3 is 1. The van der Waals surface area contributed by atoms with E-state index in [1.165, 1.54) is 7.11 Å². The molecule has 1 aromatic rings. The Labute approximate surface area is 172 Å². The van der Waals surface area contributed by atoms with Crippen molar-refractivity contribution in [1.29, 1.82) is 0 Å². The minimum absolute atomic E-state index is 0.206. The van der Waals surface area contributed by atoms with Crippen LogP contribution < -0.4 is 4.90 Å². The fraction of sp³-hybridized carbons (Fsp3) is 0.667. The normalized spacial score (nSPS) is 19.2. The summed E-state index contributed by atoms with van der Waals surface area (Å²) in [4.78, 5) is 34.8. The summed E-state index contributed by atoms with van der Waals surface area (Å²) in [7, 11) is 1.37. The number of aromatic nitrogens is 1. The van der Waals surface area contributed by atoms with Gasteiger partial charge in [-0.25, -0.2) is 14.6 Å². The van der Waals surface area contributed by atoms with E-state index in [4.69, 9.17) is 9.47 Å². The van der Waals surface area contributed by atoms with E-state index in [1.54, 1.807) is 12.3 Å². The number of hydrogen-bond donors (Lipinski definition) is 0. The van der Waals surface area contributed by atoms with E-state index in [2.05, 4.69) is 14.8 Å². The zero-order valence-electron chi connectivity index (χ0n) is 17.9. The molecule has 0 unspecified atom stereocenters. The number of carbonyl (C=O) groups is 2. The summed E-state index contributed by atoms with van der Waals surface area (Å²) in [5.41, 5.74) is 0.0134. The highest BCUT2D eigenvalue weighted by atomic mass is 16.6. The lowest BCUT2D eigenvalue weighted by Gasteiger charge is -2.43. The van der Waals surface area contributed by atoms with Gasteiger partial charge < -0.3 is 19.3 Å². The molecule has 3 heterocycles. The van der Waals surface area contributed by atoms with Crippen LogP contribution in [-0.4, -0.2) is 84.9 Å². The molecule has 0 saturated carbocycles. The smallest absolute Gasteiger partial charge is 0.410 e. The predicted molar refractivity (Wildman–Crippen MR) is 110 cm³/mol. The Bertz CT molecular complexity index is 700. The highest BCUT2D eigenvalue weighted by Gasteiger charge is 2.31. The molecule has 2 aliphatic rings. The Balaban J connectivity index is 1.45. The quantitative estimate of drug-likeness (QED) is 0.716. The molecule has 1 amide bonds. The van der Waals surface area contributed by atoms with Crippen molar-refractivity contribution < 1.29 is 19.1 Å². The Morgan fingerprint density at radius 1 is 1.03 bits per heavy atom. The SMILES string of the molecule is COC(=O)c1ccc(N2CCN(C3CCN(C(=O)OC(C)(C)C)CC3)CC2)nc1. The average Bonchev–Trinajstić information content (AvgIpc) is 2.72. The molecule has 8 nitrogen and oxygen atoms in total. The topological polar surface area (TPSA) is 75.2 Å². The third-order valence-corrected chi connectivity index (χ3v) is 5.44. The fourth-order valence-corrected chi connectivity index (χ4v) is 3.87. The van der Waals surface area contributed by atoms with E-state index in [-0.39, 0.29) is 12.1 Å². The first-order valence-electron chi connectivity index (χ1n) is 10.3. The Morgan fingerprint density at radius 2 is 1.69 bits per heavy atom. The monoisotopic (exact) mass is 404 g/mol. The van der Waals surface area contributed by atoms with Crippen LogP contribution in [0.5, 0.6) is 0 Å². The van der Waals surface area contributed by atoms with Crippen LogP contribution in [0, 0.1) is 0 Å². The molecule has 8 heteroatoms. The van der Waals surface area contributed by atoms with E-state index in [0.717, 1.165) is 57.9 Å². The highest BCUT2D eigenvalue weighted by Crippen LogP contribution is 2.22. The van der Waals surface area contributed by atoms with Gasteiger partial charge >= 0.3 is 12.1 Å². The first-order valence-corrected chi connectivity index (χ1v) is 10.3. The van der Waals surface area contributed by atoms with Crippen LogP contribution in [0.2, 0.25) is 0 Å². The molecule has 2 aliphatic heterocycles. The largest absolute Gasteiger partial charge is 0.465 e. The molecule has 0 spiro atoms. The molecule has 0 atom stereocenters. The lowest BCUT2D eigenvalue weighted by Crippen LogP contribution is -2.54. The molecule has 0 bridgehead atoms. The Morgan fingerprint density at radius 3 is 2.21 bits per heavy atom. The van der Waals surface area contributed by atoms with Gasteiger partial charge in [-0.15, -0.1) is 0 Å². The van der Waals surface area contributed by atoms with Gasteiger partial charge in [0.2, 0.25) is 0 Å². The highest BCUT2D eigenvalue weighted by molar-refractivity contribution is 5.89. The summed E-state index contributed by atoms with van der Waals surface area (Å²) in [5, 5.41) is 0. The van der Waals surface area contributed by atoms with E-state index in [9.17, 15) is 9.59 Å². The van der Waals surface area contributed by atoms with Crippen LogP contribution in [0.15, 0.2) is 18.3 Å². The van der Waals surface area contributed by atoms with Crippen molar-refractivity contribution in [1.82, 2.24) is 14.8 Å². The maximum Gasteiger partial charge on any atom is 0.410 e. The molecule has 3 rings (SSSR count). The van der Waals surface area contributed by atoms with Gasteiger partial charge in [-0.05, 0) is 45.7 Å². The maximum atomic E-state index is 12.2. The number of anilines is 1. The number of piperidine rings is 1. The molecule has 2 fully saturated rings. The van der Waals surface area contributed by atoms with Gasteiger partial charge in [0.05, 0.1) is 12.7 Å². The molecule has 1 aromatic heterocycles. The number of rotatable bonds is 3. The van der Waals surface area contributed by atoms with Crippen molar-refractivity contribution in [2.24, 2.45) is 0 Å². The van der Waals surface area contributed by atoms with Gasteiger partial charge in [0.15, 0.2) is 0 Å². The number of ether oxygens (including phenoxy) is 2. The number of piperazine rings is 1. The zero-order chi connectivity index (χ0) is 21.0. The van der Waals surface area contributed by atoms with Crippen molar-refractivity contribution in [3.05, 3.63) is 23.9 Å². The predicted octanol–water partition coefficient (Wildman–Crippen LogP) is 2.39. The number of nitrogens with zero attached hydrogens (tertiary/aromatic N) is 4. The van der Waals surface area contributed by atoms with E-state index < -0.39 is 5.60 Å². The first-order chi connectivity index (χ1) is 13.8. The van der Waals surface area contributed by atoms with E-state index in [0.29, 0.717) is 11.6 Å². The molecule has 2 saturated heterocycles. The first kappa shape index (κ1) is 21.4. The molecule has 160 valence electrons. The lowest BCUT2D eigenvalue weighted by molar-refractivity contribution is 0.0139. The number of pyridine rings is 1. The summed E-state index contributed by atoms with van der Waals surface area (Å²) in [6.07, 6.45) is 3.32. The van der Waals surface area contributed by atoms with Gasteiger partial charge in [0.25, 0.3) is 0 Å². The molecule has 0 N–H and O–H groups in total. The summed E-state index contributed by atoms with van der Waals surface area (Å²) in [6.45, 7) is 10.9. The Hall–Kier alpha value is -2.35. The third-order valence-electron chi connectivity index (χ3n) is 5.44. The molecular formula is C21H32N4O4. The van der Waals surface area contributed by atoms with Crippen molar-refractivity contribution in [3.8, 4) is 0 Å². The van der Waals surface area contributed by atoms with Crippen molar-refractivity contribution >= 4 is 17.9 Å². The summed E-state index contributed by atoms with van der Waals surface area (Å²) >= 11 is 0. The molecule has 0 aliphatic carbocycles. The minimum Gasteiger partial charge on any atom is -0.465 e. The minimum atomic E-state index is -0.451. The van der Waals surface area contributed by atoms with E-state index in [1.807, 2.05) is 31.7 Å². The van der Waals surface area contributed by atoms with Gasteiger partial charge in [-0.2, -0.15) is 0 Å². The second-order valence-electron chi connectivity index (χ2n) is 8.62. The average molecular weight is 405 g/mol. The van der Waals surface area contributed by atoms with Gasteiger partial charge in [-0.3, -0.25) is 4.90 Å². The van der Waals surface area contributed by atoms with Crippen molar-refractivity contribution in [2.45, 2.75) is 45.3 Å². The number of esters is 1. The van der Waals surface area contributed by atoms with Crippen LogP contribution in [0.25, 0.3) is 0 Å². The molecular weight excluding hydrogens is 372 g/mol. The van der Waals surface area contributed by atoms with Gasteiger partial charge in [0, 0.05) is 51.5 Å². The summed E-state index contributed by atoms with van der Waals surface area (Å²) in [6, 6.07) is 4.14. The second kappa shape index (κ2) is 8.98. The maximum absolute atomic E-state index is 12.2. The third kappa shape index (κ3) is 5.59. The van der Waals surface area contributed by atoms with Crippen molar-refractivity contribution in [2.75, 3.05) is 51.3 Å². The standard InChI is InChI=1S/C21H32N4O4/c1-21(2,3)29-20(27)25-9-7-17(8-10-25)23-11-13-24(14-12-23)18-6-5-16(15-22-18)19(26)28-4/h5-6,15,17H,7-14H2,1-4H3. The summed E-state index contributed by atoms with van der Waals surface area (Å²) < 4.78 is 10.2. The molecule has 29 heavy (non-hydrogen) atoms. The number of hydrogen-bond acceptors (Lipinski definition) is 7. The zero-order valence-corrected chi connectivity index (χ0v) is 17.9. The van der Waals surface area contributed by atoms with Crippen LogP contribution in [0.3, 0.4) is 0 Å². The number of carbonyl (C=O) groups excluding carboxylic acids is 2. The molecule has 0 radical (unpaired) electrons.